The van der Waals surface area contributed by atoms with E-state index < -0.39 is 0 Å². The molecule has 0 N–H and O–H groups in total. The van der Waals surface area contributed by atoms with Crippen LogP contribution in [-0.2, 0) is 11.5 Å². The summed E-state index contributed by atoms with van der Waals surface area (Å²) in [7, 11) is 0. The van der Waals surface area contributed by atoms with Gasteiger partial charge in [0.1, 0.15) is 6.10 Å². The first-order valence-corrected chi connectivity index (χ1v) is 8.16. The molecule has 0 radical (unpaired) electrons. The fraction of sp³-hybridized carbons (Fsp3) is 0.353. The first-order chi connectivity index (χ1) is 10.8. The number of benzene rings is 1. The summed E-state index contributed by atoms with van der Waals surface area (Å²) >= 11 is 1.62. The number of hydrogen-bond acceptors (Lipinski definition) is 4. The molecule has 0 bridgehead atoms. The molecule has 114 valence electrons. The summed E-state index contributed by atoms with van der Waals surface area (Å²) in [5, 5.41) is 0.834. The summed E-state index contributed by atoms with van der Waals surface area (Å²) in [6, 6.07) is 9.89. The van der Waals surface area contributed by atoms with Gasteiger partial charge in [0.25, 0.3) is 0 Å². The maximum absolute atomic E-state index is 12.1. The van der Waals surface area contributed by atoms with Crippen LogP contribution in [0.2, 0.25) is 0 Å². The predicted molar refractivity (Wildman–Crippen MR) is 85.0 cm³/mol. The topological polar surface area (TPSA) is 25.4 Å². The summed E-state index contributed by atoms with van der Waals surface area (Å²) in [5.41, 5.74) is 0.993. The summed E-state index contributed by atoms with van der Waals surface area (Å²) in [6.07, 6.45) is 3.15. The van der Waals surface area contributed by atoms with E-state index in [-0.39, 0.29) is 6.10 Å². The third kappa shape index (κ3) is 4.14. The number of piperidine rings is 1. The highest BCUT2D eigenvalue weighted by atomic mass is 32.1. The summed E-state index contributed by atoms with van der Waals surface area (Å²) in [4.78, 5) is 11.8. The molecule has 1 aliphatic rings. The number of halogens is 1. The molecule has 0 spiro atoms. The van der Waals surface area contributed by atoms with Crippen molar-refractivity contribution in [2.45, 2.75) is 25.5 Å². The molecule has 0 aliphatic carbocycles. The van der Waals surface area contributed by atoms with Crippen molar-refractivity contribution < 1.29 is 9.47 Å². The first kappa shape index (κ1) is 15.2. The van der Waals surface area contributed by atoms with E-state index in [9.17, 15) is 4.53 Å². The molecular weight excluding hydrogens is 299 g/mol. The average Bonchev–Trinajstić information content (AvgIpc) is 3.02. The van der Waals surface area contributed by atoms with Crippen LogP contribution in [0.5, 0.6) is 0 Å². The Hall–Kier alpha value is -1.74. The van der Waals surface area contributed by atoms with Gasteiger partial charge in [-0.3, -0.25) is 4.90 Å². The lowest BCUT2D eigenvalue weighted by Gasteiger charge is -2.29. The molecule has 1 saturated heterocycles. The van der Waals surface area contributed by atoms with Crippen molar-refractivity contribution in [2.75, 3.05) is 13.1 Å². The lowest BCUT2D eigenvalue weighted by atomic mass is 10.1. The molecule has 1 aliphatic heterocycles. The monoisotopic (exact) mass is 316 g/mol. The summed E-state index contributed by atoms with van der Waals surface area (Å²) < 4.78 is 12.1. The Morgan fingerprint density at radius 2 is 2.00 bits per heavy atom. The van der Waals surface area contributed by atoms with Gasteiger partial charge in [-0.2, -0.15) is 4.94 Å². The molecule has 0 saturated carbocycles. The van der Waals surface area contributed by atoms with Crippen LogP contribution in [0, 0.1) is 11.8 Å². The number of thiazole rings is 1. The van der Waals surface area contributed by atoms with E-state index in [1.54, 1.807) is 11.3 Å². The van der Waals surface area contributed by atoms with Gasteiger partial charge in [-0.25, -0.2) is 4.98 Å². The van der Waals surface area contributed by atoms with Crippen molar-refractivity contribution in [1.29, 1.82) is 0 Å². The molecule has 1 aromatic carbocycles. The highest BCUT2D eigenvalue weighted by Crippen LogP contribution is 2.19. The molecule has 0 amide bonds. The molecule has 2 aromatic rings. The van der Waals surface area contributed by atoms with Crippen molar-refractivity contribution in [3.05, 3.63) is 52.0 Å². The van der Waals surface area contributed by atoms with Gasteiger partial charge in [0, 0.05) is 36.3 Å². The highest BCUT2D eigenvalue weighted by Gasteiger charge is 2.20. The van der Waals surface area contributed by atoms with Gasteiger partial charge in [-0.15, -0.1) is 11.3 Å². The summed E-state index contributed by atoms with van der Waals surface area (Å²) in [6.45, 7) is 2.57. The molecule has 22 heavy (non-hydrogen) atoms. The van der Waals surface area contributed by atoms with Gasteiger partial charge < -0.3 is 0 Å². The quantitative estimate of drug-likeness (QED) is 0.812. The minimum Gasteiger partial charge on any atom is -0.298 e. The molecular formula is C17H17FN2OS. The Labute approximate surface area is 133 Å². The van der Waals surface area contributed by atoms with Crippen molar-refractivity contribution in [3.8, 4) is 11.8 Å². The zero-order valence-corrected chi connectivity index (χ0v) is 13.0. The van der Waals surface area contributed by atoms with Crippen molar-refractivity contribution in [2.24, 2.45) is 0 Å². The third-order valence-corrected chi connectivity index (χ3v) is 4.58. The number of likely N-dealkylation sites (tertiary alicyclic amines) is 1. The van der Waals surface area contributed by atoms with Crippen LogP contribution >= 0.6 is 11.3 Å². The molecule has 1 fully saturated rings. The molecule has 5 heteroatoms. The van der Waals surface area contributed by atoms with Gasteiger partial charge >= 0.3 is 0 Å². The van der Waals surface area contributed by atoms with Crippen LogP contribution in [0.25, 0.3) is 0 Å². The van der Waals surface area contributed by atoms with Crippen LogP contribution in [0.3, 0.4) is 0 Å². The zero-order valence-electron chi connectivity index (χ0n) is 12.2. The number of hydrogen-bond donors (Lipinski definition) is 0. The van der Waals surface area contributed by atoms with E-state index in [0.717, 1.165) is 43.0 Å². The Bertz CT molecular complexity index is 654. The largest absolute Gasteiger partial charge is 0.298 e. The third-order valence-electron chi connectivity index (χ3n) is 3.68. The maximum Gasteiger partial charge on any atom is 0.167 e. The first-order valence-electron chi connectivity index (χ1n) is 7.35. The molecule has 0 atom stereocenters. The molecule has 2 heterocycles. The average molecular weight is 316 g/mol. The lowest BCUT2D eigenvalue weighted by molar-refractivity contribution is -0.191. The summed E-state index contributed by atoms with van der Waals surface area (Å²) in [5.74, 6) is 6.22. The van der Waals surface area contributed by atoms with Crippen LogP contribution in [0.15, 0.2) is 36.5 Å². The van der Waals surface area contributed by atoms with E-state index in [2.05, 4.69) is 26.7 Å². The van der Waals surface area contributed by atoms with Gasteiger partial charge in [-0.05, 0) is 35.4 Å². The second-order valence-corrected chi connectivity index (χ2v) is 6.43. The fourth-order valence-electron chi connectivity index (χ4n) is 2.46. The van der Waals surface area contributed by atoms with E-state index >= 15 is 0 Å². The molecule has 3 rings (SSSR count). The maximum atomic E-state index is 12.1. The Kier molecular flexibility index (Phi) is 5.17. The van der Waals surface area contributed by atoms with E-state index in [1.165, 1.54) is 4.88 Å². The second kappa shape index (κ2) is 7.50. The van der Waals surface area contributed by atoms with Gasteiger partial charge in [0.15, 0.2) is 5.01 Å². The second-order valence-electron chi connectivity index (χ2n) is 5.31. The standard InChI is InChI=1S/C17H17FN2OS/c18-21-15-8-10-20(11-9-15)13-16-12-19-17(22-16)7-6-14-4-2-1-3-5-14/h1-5,12,15H,8-11,13H2. The van der Waals surface area contributed by atoms with Gasteiger partial charge in [0.05, 0.1) is 0 Å². The van der Waals surface area contributed by atoms with Crippen molar-refractivity contribution in [1.82, 2.24) is 9.88 Å². The minimum absolute atomic E-state index is 0.231. The predicted octanol–water partition coefficient (Wildman–Crippen LogP) is 3.41. The number of nitrogens with zero attached hydrogens (tertiary/aromatic N) is 2. The number of rotatable bonds is 3. The van der Waals surface area contributed by atoms with Gasteiger partial charge in [-0.1, -0.05) is 24.1 Å². The molecule has 3 nitrogen and oxygen atoms in total. The van der Waals surface area contributed by atoms with Crippen molar-refractivity contribution >= 4 is 11.3 Å². The normalized spacial score (nSPS) is 16.2. The van der Waals surface area contributed by atoms with Crippen molar-refractivity contribution in [3.63, 3.8) is 0 Å². The van der Waals surface area contributed by atoms with Crippen LogP contribution < -0.4 is 0 Å². The van der Waals surface area contributed by atoms with E-state index in [1.807, 2.05) is 36.5 Å². The molecule has 1 aromatic heterocycles. The van der Waals surface area contributed by atoms with E-state index in [0.29, 0.717) is 0 Å². The SMILES string of the molecule is FOC1CCN(Cc2cnc(C#Cc3ccccc3)s2)CC1. The Morgan fingerprint density at radius 1 is 1.23 bits per heavy atom. The minimum atomic E-state index is -0.231. The van der Waals surface area contributed by atoms with Crippen LogP contribution in [0.1, 0.15) is 28.3 Å². The molecule has 0 unspecified atom stereocenters. The lowest BCUT2D eigenvalue weighted by Crippen LogP contribution is -2.35. The Balaban J connectivity index is 1.57. The number of aromatic nitrogens is 1. The van der Waals surface area contributed by atoms with Crippen LogP contribution in [0.4, 0.5) is 4.53 Å². The van der Waals surface area contributed by atoms with E-state index in [4.69, 9.17) is 0 Å². The zero-order chi connectivity index (χ0) is 15.2. The fourth-order valence-corrected chi connectivity index (χ4v) is 3.27. The van der Waals surface area contributed by atoms with Crippen LogP contribution in [-0.4, -0.2) is 29.1 Å². The van der Waals surface area contributed by atoms with Gasteiger partial charge in [0.2, 0.25) is 0 Å². The smallest absolute Gasteiger partial charge is 0.167 e. The Morgan fingerprint density at radius 3 is 2.73 bits per heavy atom. The highest BCUT2D eigenvalue weighted by molar-refractivity contribution is 7.12.